The molecule has 2 aromatic carbocycles. The van der Waals surface area contributed by atoms with Gasteiger partial charge < -0.3 is 15.1 Å². The number of carboxylic acids is 1. The maximum Gasteiger partial charge on any atom is 0.323 e. The molecule has 1 aliphatic rings. The lowest BCUT2D eigenvalue weighted by Crippen LogP contribution is -2.34. The lowest BCUT2D eigenvalue weighted by atomic mass is 9.93. The summed E-state index contributed by atoms with van der Waals surface area (Å²) in [7, 11) is 0. The van der Waals surface area contributed by atoms with Crippen LogP contribution in [0.5, 0.6) is 0 Å². The van der Waals surface area contributed by atoms with Crippen LogP contribution in [-0.4, -0.2) is 39.3 Å². The van der Waals surface area contributed by atoms with E-state index >= 15 is 0 Å². The maximum atomic E-state index is 12.7. The molecule has 1 fully saturated rings. The van der Waals surface area contributed by atoms with Gasteiger partial charge in [-0.1, -0.05) is 68.4 Å². The molecule has 1 unspecified atom stereocenters. The molecule has 6 nitrogen and oxygen atoms in total. The zero-order valence-corrected chi connectivity index (χ0v) is 15.6. The van der Waals surface area contributed by atoms with Gasteiger partial charge >= 0.3 is 5.97 Å². The molecule has 6 heteroatoms. The van der Waals surface area contributed by atoms with Gasteiger partial charge in [-0.05, 0) is 17.0 Å². The highest BCUT2D eigenvalue weighted by molar-refractivity contribution is 6.46. The lowest BCUT2D eigenvalue weighted by molar-refractivity contribution is -0.146. The minimum absolute atomic E-state index is 0.102. The zero-order chi connectivity index (χ0) is 20.4. The fraction of sp³-hybridized carbons (Fsp3) is 0.227. The molecule has 0 spiro atoms. The Morgan fingerprint density at radius 2 is 1.61 bits per heavy atom. The van der Waals surface area contributed by atoms with Gasteiger partial charge in [0.25, 0.3) is 11.7 Å². The minimum atomic E-state index is -1.23. The van der Waals surface area contributed by atoms with Crippen molar-refractivity contribution in [3.05, 3.63) is 76.9 Å². The normalized spacial score (nSPS) is 18.7. The molecule has 2 N–H and O–H groups in total. The van der Waals surface area contributed by atoms with Gasteiger partial charge in [0.1, 0.15) is 12.3 Å². The largest absolute Gasteiger partial charge is 0.507 e. The Hall–Kier alpha value is -3.41. The van der Waals surface area contributed by atoms with Gasteiger partial charge in [-0.25, -0.2) is 0 Å². The van der Waals surface area contributed by atoms with E-state index in [1.165, 1.54) is 0 Å². The molecule has 1 amide bonds. The number of aliphatic hydroxyl groups excluding tert-OH is 1. The molecule has 1 heterocycles. The number of nitrogens with zero attached hydrogens (tertiary/aromatic N) is 1. The second-order valence-electron chi connectivity index (χ2n) is 7.01. The average molecular weight is 379 g/mol. The topological polar surface area (TPSA) is 94.9 Å². The fourth-order valence-corrected chi connectivity index (χ4v) is 3.35. The number of Topliss-reactive ketones (excluding diaryl/α,β-unsaturated/α-hetero) is 1. The monoisotopic (exact) mass is 379 g/mol. The highest BCUT2D eigenvalue weighted by Crippen LogP contribution is 2.39. The molecule has 3 rings (SSSR count). The summed E-state index contributed by atoms with van der Waals surface area (Å²) in [5.41, 5.74) is 1.93. The SMILES string of the molecule is CC(C)c1ccc(C2/C(=C(\O)c3ccccc3)C(=O)C(=O)N2CC(=O)O)cc1. The van der Waals surface area contributed by atoms with Gasteiger partial charge in [-0.2, -0.15) is 0 Å². The first-order valence-electron chi connectivity index (χ1n) is 8.96. The van der Waals surface area contributed by atoms with Gasteiger partial charge in [0, 0.05) is 5.56 Å². The smallest absolute Gasteiger partial charge is 0.323 e. The number of likely N-dealkylation sites (tertiary alicyclic amines) is 1. The summed E-state index contributed by atoms with van der Waals surface area (Å²) in [6.45, 7) is 3.45. The van der Waals surface area contributed by atoms with Crippen molar-refractivity contribution in [2.24, 2.45) is 0 Å². The number of benzene rings is 2. The number of amides is 1. The van der Waals surface area contributed by atoms with Crippen LogP contribution in [-0.2, 0) is 14.4 Å². The van der Waals surface area contributed by atoms with Crippen LogP contribution >= 0.6 is 0 Å². The molecule has 1 aliphatic heterocycles. The van der Waals surface area contributed by atoms with E-state index in [0.717, 1.165) is 10.5 Å². The molecule has 0 radical (unpaired) electrons. The van der Waals surface area contributed by atoms with E-state index in [9.17, 15) is 24.6 Å². The number of rotatable bonds is 5. The predicted octanol–water partition coefficient (Wildman–Crippen LogP) is 3.32. The molecular formula is C22H21NO5. The van der Waals surface area contributed by atoms with Crippen LogP contribution in [0.15, 0.2) is 60.2 Å². The van der Waals surface area contributed by atoms with E-state index in [1.807, 2.05) is 26.0 Å². The van der Waals surface area contributed by atoms with Crippen LogP contribution in [0.1, 0.15) is 42.5 Å². The first-order chi connectivity index (χ1) is 13.3. The van der Waals surface area contributed by atoms with Gasteiger partial charge in [-0.3, -0.25) is 14.4 Å². The van der Waals surface area contributed by atoms with E-state index in [0.29, 0.717) is 17.0 Å². The molecule has 0 aromatic heterocycles. The molecule has 2 aromatic rings. The van der Waals surface area contributed by atoms with Crippen LogP contribution in [0.25, 0.3) is 5.76 Å². The molecule has 0 aliphatic carbocycles. The highest BCUT2D eigenvalue weighted by Gasteiger charge is 2.46. The number of carbonyl (C=O) groups excluding carboxylic acids is 2. The number of hydrogen-bond acceptors (Lipinski definition) is 4. The minimum Gasteiger partial charge on any atom is -0.507 e. The summed E-state index contributed by atoms with van der Waals surface area (Å²) in [4.78, 5) is 37.5. The van der Waals surface area contributed by atoms with E-state index in [2.05, 4.69) is 0 Å². The lowest BCUT2D eigenvalue weighted by Gasteiger charge is -2.24. The van der Waals surface area contributed by atoms with E-state index in [1.54, 1.807) is 42.5 Å². The van der Waals surface area contributed by atoms with Crippen LogP contribution in [0.4, 0.5) is 0 Å². The Bertz CT molecular complexity index is 945. The Labute approximate surface area is 162 Å². The second-order valence-corrected chi connectivity index (χ2v) is 7.01. The van der Waals surface area contributed by atoms with E-state index < -0.39 is 30.2 Å². The highest BCUT2D eigenvalue weighted by atomic mass is 16.4. The standard InChI is InChI=1S/C22H21NO5/c1-13(2)14-8-10-15(11-9-14)19-18(20(26)16-6-4-3-5-7-16)21(27)22(28)23(19)12-17(24)25/h3-11,13,19,26H,12H2,1-2H3,(H,24,25)/b20-18+. The summed E-state index contributed by atoms with van der Waals surface area (Å²) in [6, 6.07) is 14.7. The van der Waals surface area contributed by atoms with Gasteiger partial charge in [0.05, 0.1) is 11.6 Å². The molecule has 0 saturated carbocycles. The van der Waals surface area contributed by atoms with Crippen molar-refractivity contribution in [2.45, 2.75) is 25.8 Å². The van der Waals surface area contributed by atoms with Crippen molar-refractivity contribution in [1.29, 1.82) is 0 Å². The van der Waals surface area contributed by atoms with Crippen LogP contribution in [0.2, 0.25) is 0 Å². The van der Waals surface area contributed by atoms with E-state index in [4.69, 9.17) is 0 Å². The van der Waals surface area contributed by atoms with Gasteiger partial charge in [-0.15, -0.1) is 0 Å². The third-order valence-electron chi connectivity index (χ3n) is 4.81. The first-order valence-corrected chi connectivity index (χ1v) is 8.96. The van der Waals surface area contributed by atoms with Gasteiger partial charge in [0.2, 0.25) is 0 Å². The van der Waals surface area contributed by atoms with Crippen molar-refractivity contribution in [3.63, 3.8) is 0 Å². The van der Waals surface area contributed by atoms with Crippen LogP contribution in [0, 0.1) is 0 Å². The Kier molecular flexibility index (Phi) is 5.31. The average Bonchev–Trinajstić information content (AvgIpc) is 2.92. The number of carboxylic acid groups (broad SMARTS) is 1. The zero-order valence-electron chi connectivity index (χ0n) is 15.6. The second kappa shape index (κ2) is 7.68. The van der Waals surface area contributed by atoms with Crippen molar-refractivity contribution in [1.82, 2.24) is 4.90 Å². The molecule has 0 bridgehead atoms. The maximum absolute atomic E-state index is 12.7. The summed E-state index contributed by atoms with van der Waals surface area (Å²) in [5, 5.41) is 20.0. The summed E-state index contributed by atoms with van der Waals surface area (Å²) in [5.74, 6) is -3.07. The Morgan fingerprint density at radius 1 is 1.00 bits per heavy atom. The predicted molar refractivity (Wildman–Crippen MR) is 104 cm³/mol. The van der Waals surface area contributed by atoms with Crippen molar-refractivity contribution < 1.29 is 24.6 Å². The molecule has 1 atom stereocenters. The number of aliphatic hydroxyl groups is 1. The summed E-state index contributed by atoms with van der Waals surface area (Å²) in [6.07, 6.45) is 0. The van der Waals surface area contributed by atoms with E-state index in [-0.39, 0.29) is 11.3 Å². The molecule has 1 saturated heterocycles. The Balaban J connectivity index is 2.17. The number of hydrogen-bond donors (Lipinski definition) is 2. The number of ketones is 1. The Morgan fingerprint density at radius 3 is 2.14 bits per heavy atom. The third-order valence-corrected chi connectivity index (χ3v) is 4.81. The van der Waals surface area contributed by atoms with Gasteiger partial charge in [0.15, 0.2) is 0 Å². The molecule has 144 valence electrons. The van der Waals surface area contributed by atoms with Crippen LogP contribution < -0.4 is 0 Å². The van der Waals surface area contributed by atoms with Crippen LogP contribution in [0.3, 0.4) is 0 Å². The molecular weight excluding hydrogens is 358 g/mol. The fourth-order valence-electron chi connectivity index (χ4n) is 3.35. The third kappa shape index (κ3) is 3.53. The number of carbonyl (C=O) groups is 3. The summed E-state index contributed by atoms with van der Waals surface area (Å²) >= 11 is 0. The quantitative estimate of drug-likeness (QED) is 0.472. The van der Waals surface area contributed by atoms with Crippen molar-refractivity contribution in [2.75, 3.05) is 6.54 Å². The molecule has 28 heavy (non-hydrogen) atoms. The van der Waals surface area contributed by atoms with Crippen molar-refractivity contribution >= 4 is 23.4 Å². The summed E-state index contributed by atoms with van der Waals surface area (Å²) < 4.78 is 0. The number of aliphatic carboxylic acids is 1. The van der Waals surface area contributed by atoms with Crippen molar-refractivity contribution in [3.8, 4) is 0 Å². The first kappa shape index (κ1) is 19.4.